The number of amides is 1. The van der Waals surface area contributed by atoms with Crippen molar-refractivity contribution in [2.45, 2.75) is 6.92 Å². The van der Waals surface area contributed by atoms with E-state index in [-0.39, 0.29) is 11.3 Å². The van der Waals surface area contributed by atoms with Crippen molar-refractivity contribution < 1.29 is 23.1 Å². The van der Waals surface area contributed by atoms with E-state index >= 15 is 0 Å². The van der Waals surface area contributed by atoms with Crippen LogP contribution in [0.2, 0.25) is 0 Å². The van der Waals surface area contributed by atoms with Crippen LogP contribution in [0.25, 0.3) is 5.65 Å². The highest BCUT2D eigenvalue weighted by Crippen LogP contribution is 2.16. The maximum Gasteiger partial charge on any atom is 0.344 e. The molecule has 3 aromatic rings. The van der Waals surface area contributed by atoms with E-state index in [2.05, 4.69) is 15.4 Å². The molecule has 3 rings (SSSR count). The van der Waals surface area contributed by atoms with Crippen molar-refractivity contribution in [3.63, 3.8) is 0 Å². The van der Waals surface area contributed by atoms with E-state index in [0.29, 0.717) is 11.3 Å². The molecule has 25 heavy (non-hydrogen) atoms. The Balaban J connectivity index is 1.68. The lowest BCUT2D eigenvalue weighted by molar-refractivity contribution is -0.119. The second-order valence-corrected chi connectivity index (χ2v) is 5.10. The molecule has 2 heterocycles. The third-order valence-electron chi connectivity index (χ3n) is 3.31. The molecule has 1 amide bonds. The van der Waals surface area contributed by atoms with E-state index in [1.807, 2.05) is 0 Å². The van der Waals surface area contributed by atoms with Crippen molar-refractivity contribution in [1.82, 2.24) is 14.6 Å². The number of hydrogen-bond acceptors (Lipinski definition) is 5. The number of benzene rings is 1. The zero-order valence-corrected chi connectivity index (χ0v) is 13.0. The van der Waals surface area contributed by atoms with Gasteiger partial charge in [0, 0.05) is 18.5 Å². The monoisotopic (exact) mass is 346 g/mol. The number of aromatic nitrogens is 3. The number of carbonyl (C=O) groups excluding carboxylic acids is 2. The van der Waals surface area contributed by atoms with E-state index in [4.69, 9.17) is 4.74 Å². The highest BCUT2D eigenvalue weighted by atomic mass is 19.1. The second-order valence-electron chi connectivity index (χ2n) is 5.10. The van der Waals surface area contributed by atoms with Gasteiger partial charge in [0.05, 0.1) is 11.4 Å². The molecule has 0 radical (unpaired) electrons. The zero-order chi connectivity index (χ0) is 18.0. The number of ether oxygens (including phenoxy) is 1. The van der Waals surface area contributed by atoms with Gasteiger partial charge < -0.3 is 10.1 Å². The van der Waals surface area contributed by atoms with Gasteiger partial charge in [-0.1, -0.05) is 0 Å². The van der Waals surface area contributed by atoms with Crippen LogP contribution in [-0.2, 0) is 9.53 Å². The van der Waals surface area contributed by atoms with Crippen molar-refractivity contribution in [2.24, 2.45) is 0 Å². The topological polar surface area (TPSA) is 85.6 Å². The third-order valence-corrected chi connectivity index (χ3v) is 3.31. The number of fused-ring (bicyclic) bond motifs is 1. The van der Waals surface area contributed by atoms with Crippen molar-refractivity contribution in [3.05, 3.63) is 59.6 Å². The quantitative estimate of drug-likeness (QED) is 0.732. The van der Waals surface area contributed by atoms with Crippen LogP contribution < -0.4 is 5.32 Å². The SMILES string of the molecule is Cc1nn2cccnc2c1C(=O)OCC(=O)Nc1cc(F)ccc1F. The molecule has 128 valence electrons. The number of hydrogen-bond donors (Lipinski definition) is 1. The van der Waals surface area contributed by atoms with E-state index in [1.165, 1.54) is 10.7 Å². The van der Waals surface area contributed by atoms with E-state index < -0.39 is 30.1 Å². The van der Waals surface area contributed by atoms with Gasteiger partial charge in [0.1, 0.15) is 17.2 Å². The first-order chi connectivity index (χ1) is 12.0. The molecule has 0 aliphatic heterocycles. The summed E-state index contributed by atoms with van der Waals surface area (Å²) in [5, 5.41) is 6.25. The van der Waals surface area contributed by atoms with Gasteiger partial charge in [0.25, 0.3) is 5.91 Å². The smallest absolute Gasteiger partial charge is 0.344 e. The fourth-order valence-electron chi connectivity index (χ4n) is 2.22. The van der Waals surface area contributed by atoms with Crippen molar-refractivity contribution >= 4 is 23.2 Å². The Morgan fingerprint density at radius 3 is 2.92 bits per heavy atom. The summed E-state index contributed by atoms with van der Waals surface area (Å²) in [6.07, 6.45) is 3.11. The molecule has 0 saturated carbocycles. The maximum absolute atomic E-state index is 13.5. The van der Waals surface area contributed by atoms with Crippen molar-refractivity contribution in [1.29, 1.82) is 0 Å². The predicted octanol–water partition coefficient (Wildman–Crippen LogP) is 2.11. The minimum atomic E-state index is -0.806. The first kappa shape index (κ1) is 16.5. The number of nitrogens with one attached hydrogen (secondary N) is 1. The molecular weight excluding hydrogens is 334 g/mol. The van der Waals surface area contributed by atoms with Crippen LogP contribution in [0.4, 0.5) is 14.5 Å². The fraction of sp³-hybridized carbons (Fsp3) is 0.125. The maximum atomic E-state index is 13.5. The normalized spacial score (nSPS) is 10.7. The van der Waals surface area contributed by atoms with Crippen LogP contribution >= 0.6 is 0 Å². The van der Waals surface area contributed by atoms with Gasteiger partial charge >= 0.3 is 5.97 Å². The van der Waals surface area contributed by atoms with Gasteiger partial charge in [-0.25, -0.2) is 23.1 Å². The van der Waals surface area contributed by atoms with E-state index in [1.54, 1.807) is 19.2 Å². The van der Waals surface area contributed by atoms with Gasteiger partial charge in [0.15, 0.2) is 12.3 Å². The molecule has 9 heteroatoms. The van der Waals surface area contributed by atoms with E-state index in [9.17, 15) is 18.4 Å². The number of halogens is 2. The summed E-state index contributed by atoms with van der Waals surface area (Å²) >= 11 is 0. The third kappa shape index (κ3) is 3.44. The first-order valence-corrected chi connectivity index (χ1v) is 7.17. The molecule has 0 fully saturated rings. The molecule has 0 aliphatic carbocycles. The summed E-state index contributed by atoms with van der Waals surface area (Å²) in [4.78, 5) is 28.0. The number of rotatable bonds is 4. The summed E-state index contributed by atoms with van der Waals surface area (Å²) in [5.74, 6) is -3.11. The van der Waals surface area contributed by atoms with Crippen LogP contribution in [0.3, 0.4) is 0 Å². The molecule has 0 aliphatic rings. The zero-order valence-electron chi connectivity index (χ0n) is 13.0. The fourth-order valence-corrected chi connectivity index (χ4v) is 2.22. The standard InChI is InChI=1S/C16H12F2N4O3/c1-9-14(15-19-5-2-6-22(15)21-9)16(24)25-8-13(23)20-12-7-10(17)3-4-11(12)18/h2-7H,8H2,1H3,(H,20,23). The minimum Gasteiger partial charge on any atom is -0.452 e. The van der Waals surface area contributed by atoms with E-state index in [0.717, 1.165) is 18.2 Å². The summed E-state index contributed by atoms with van der Waals surface area (Å²) in [5.41, 5.74) is 0.474. The Hall–Kier alpha value is -3.36. The van der Waals surface area contributed by atoms with Crippen molar-refractivity contribution in [3.8, 4) is 0 Å². The predicted molar refractivity (Wildman–Crippen MR) is 83.0 cm³/mol. The van der Waals surface area contributed by atoms with Crippen LogP contribution in [-0.4, -0.2) is 33.1 Å². The Morgan fingerprint density at radius 1 is 1.32 bits per heavy atom. The number of carbonyl (C=O) groups is 2. The number of nitrogens with zero attached hydrogens (tertiary/aromatic N) is 3. The highest BCUT2D eigenvalue weighted by molar-refractivity contribution is 5.99. The number of esters is 1. The summed E-state index contributed by atoms with van der Waals surface area (Å²) in [7, 11) is 0. The lowest BCUT2D eigenvalue weighted by atomic mass is 10.2. The molecule has 1 aromatic carbocycles. The Labute approximate surface area is 140 Å². The lowest BCUT2D eigenvalue weighted by Crippen LogP contribution is -2.21. The molecule has 0 atom stereocenters. The lowest BCUT2D eigenvalue weighted by Gasteiger charge is -2.07. The largest absolute Gasteiger partial charge is 0.452 e. The van der Waals surface area contributed by atoms with Crippen LogP contribution in [0.15, 0.2) is 36.7 Å². The molecule has 7 nitrogen and oxygen atoms in total. The van der Waals surface area contributed by atoms with Crippen LogP contribution in [0, 0.1) is 18.6 Å². The van der Waals surface area contributed by atoms with Gasteiger partial charge in [-0.3, -0.25) is 4.79 Å². The van der Waals surface area contributed by atoms with Crippen LogP contribution in [0.1, 0.15) is 16.1 Å². The molecular formula is C16H12F2N4O3. The van der Waals surface area contributed by atoms with Crippen LogP contribution in [0.5, 0.6) is 0 Å². The van der Waals surface area contributed by atoms with Gasteiger partial charge in [-0.2, -0.15) is 5.10 Å². The molecule has 0 saturated heterocycles. The van der Waals surface area contributed by atoms with Gasteiger partial charge in [-0.15, -0.1) is 0 Å². The Bertz CT molecular complexity index is 971. The molecule has 1 N–H and O–H groups in total. The summed E-state index contributed by atoms with van der Waals surface area (Å²) < 4.78 is 32.9. The number of aryl methyl sites for hydroxylation is 1. The second kappa shape index (κ2) is 6.63. The Kier molecular flexibility index (Phi) is 4.38. The highest BCUT2D eigenvalue weighted by Gasteiger charge is 2.20. The average molecular weight is 346 g/mol. The molecule has 0 unspecified atom stereocenters. The minimum absolute atomic E-state index is 0.130. The van der Waals surface area contributed by atoms with Crippen molar-refractivity contribution in [2.75, 3.05) is 11.9 Å². The summed E-state index contributed by atoms with van der Waals surface area (Å²) in [6.45, 7) is 0.936. The van der Waals surface area contributed by atoms with Gasteiger partial charge in [0.2, 0.25) is 0 Å². The number of anilines is 1. The Morgan fingerprint density at radius 2 is 2.12 bits per heavy atom. The molecule has 2 aromatic heterocycles. The molecule has 0 spiro atoms. The average Bonchev–Trinajstić information content (AvgIpc) is 2.92. The van der Waals surface area contributed by atoms with Gasteiger partial charge in [-0.05, 0) is 25.1 Å². The summed E-state index contributed by atoms with van der Waals surface area (Å²) in [6, 6.07) is 4.28. The molecule has 0 bridgehead atoms. The first-order valence-electron chi connectivity index (χ1n) is 7.17.